The Bertz CT molecular complexity index is 507. The molecule has 0 aliphatic heterocycles. The molecule has 0 aliphatic carbocycles. The fourth-order valence-electron chi connectivity index (χ4n) is 1.72. The SMILES string of the molecule is CCn1ncc(Cl)c1C(NN)c1cnc(C)s1. The van der Waals surface area contributed by atoms with Crippen LogP contribution in [-0.2, 0) is 6.54 Å². The highest BCUT2D eigenvalue weighted by Crippen LogP contribution is 2.30. The molecule has 92 valence electrons. The van der Waals surface area contributed by atoms with Gasteiger partial charge in [-0.25, -0.2) is 10.4 Å². The van der Waals surface area contributed by atoms with Crippen molar-refractivity contribution in [3.8, 4) is 0 Å². The van der Waals surface area contributed by atoms with Crippen molar-refractivity contribution in [2.75, 3.05) is 0 Å². The van der Waals surface area contributed by atoms with E-state index < -0.39 is 0 Å². The molecule has 0 bridgehead atoms. The lowest BCUT2D eigenvalue weighted by Crippen LogP contribution is -2.30. The monoisotopic (exact) mass is 271 g/mol. The third-order valence-electron chi connectivity index (χ3n) is 2.50. The second-order valence-electron chi connectivity index (χ2n) is 3.57. The second kappa shape index (κ2) is 5.14. The molecular weight excluding hydrogens is 258 g/mol. The molecule has 0 saturated heterocycles. The fraction of sp³-hybridized carbons (Fsp3) is 0.400. The second-order valence-corrected chi connectivity index (χ2v) is 5.25. The predicted molar refractivity (Wildman–Crippen MR) is 68.9 cm³/mol. The van der Waals surface area contributed by atoms with Gasteiger partial charge in [-0.05, 0) is 13.8 Å². The first-order valence-corrected chi connectivity index (χ1v) is 6.46. The minimum Gasteiger partial charge on any atom is -0.270 e. The number of aryl methyl sites for hydroxylation is 2. The molecule has 2 heterocycles. The number of hydrogen-bond acceptors (Lipinski definition) is 5. The van der Waals surface area contributed by atoms with Crippen LogP contribution in [0, 0.1) is 6.92 Å². The molecule has 0 saturated carbocycles. The van der Waals surface area contributed by atoms with Crippen LogP contribution in [0.3, 0.4) is 0 Å². The number of nitrogens with one attached hydrogen (secondary N) is 1. The topological polar surface area (TPSA) is 68.8 Å². The molecule has 17 heavy (non-hydrogen) atoms. The maximum Gasteiger partial charge on any atom is 0.100 e. The smallest absolute Gasteiger partial charge is 0.100 e. The van der Waals surface area contributed by atoms with Crippen LogP contribution >= 0.6 is 22.9 Å². The van der Waals surface area contributed by atoms with Gasteiger partial charge in [-0.15, -0.1) is 11.3 Å². The minimum absolute atomic E-state index is 0.170. The van der Waals surface area contributed by atoms with Gasteiger partial charge in [0.05, 0.1) is 21.9 Å². The first-order valence-electron chi connectivity index (χ1n) is 5.27. The zero-order valence-electron chi connectivity index (χ0n) is 9.64. The Hall–Kier alpha value is -0.950. The number of hydrazine groups is 1. The van der Waals surface area contributed by atoms with E-state index in [0.29, 0.717) is 5.02 Å². The van der Waals surface area contributed by atoms with Gasteiger partial charge in [-0.1, -0.05) is 11.6 Å². The van der Waals surface area contributed by atoms with Crippen LogP contribution in [0.5, 0.6) is 0 Å². The maximum atomic E-state index is 6.16. The average Bonchev–Trinajstić information content (AvgIpc) is 2.89. The summed E-state index contributed by atoms with van der Waals surface area (Å²) in [6.45, 7) is 4.72. The first-order chi connectivity index (χ1) is 8.17. The summed E-state index contributed by atoms with van der Waals surface area (Å²) in [5.41, 5.74) is 3.65. The van der Waals surface area contributed by atoms with Gasteiger partial charge in [-0.2, -0.15) is 5.10 Å². The molecule has 0 amide bonds. The lowest BCUT2D eigenvalue weighted by Gasteiger charge is -2.15. The average molecular weight is 272 g/mol. The zero-order valence-corrected chi connectivity index (χ0v) is 11.2. The predicted octanol–water partition coefficient (Wildman–Crippen LogP) is 1.87. The summed E-state index contributed by atoms with van der Waals surface area (Å²) in [5.74, 6) is 5.63. The van der Waals surface area contributed by atoms with Crippen molar-refractivity contribution < 1.29 is 0 Å². The number of rotatable bonds is 4. The van der Waals surface area contributed by atoms with Gasteiger partial charge in [0, 0.05) is 17.6 Å². The first kappa shape index (κ1) is 12.5. The molecule has 3 N–H and O–H groups in total. The van der Waals surface area contributed by atoms with Crippen molar-refractivity contribution >= 4 is 22.9 Å². The number of nitrogens with two attached hydrogens (primary N) is 1. The van der Waals surface area contributed by atoms with E-state index >= 15 is 0 Å². The highest BCUT2D eigenvalue weighted by atomic mass is 35.5. The van der Waals surface area contributed by atoms with Gasteiger partial charge in [0.15, 0.2) is 0 Å². The maximum absolute atomic E-state index is 6.16. The van der Waals surface area contributed by atoms with E-state index in [2.05, 4.69) is 15.5 Å². The molecule has 0 aromatic carbocycles. The molecule has 5 nitrogen and oxygen atoms in total. The Morgan fingerprint density at radius 3 is 2.88 bits per heavy atom. The van der Waals surface area contributed by atoms with Crippen molar-refractivity contribution in [3.05, 3.63) is 33.0 Å². The van der Waals surface area contributed by atoms with Crippen molar-refractivity contribution in [1.82, 2.24) is 20.2 Å². The van der Waals surface area contributed by atoms with Gasteiger partial charge >= 0.3 is 0 Å². The van der Waals surface area contributed by atoms with Gasteiger partial charge in [0.1, 0.15) is 6.04 Å². The lowest BCUT2D eigenvalue weighted by atomic mass is 10.2. The number of nitrogens with zero attached hydrogens (tertiary/aromatic N) is 3. The Kier molecular flexibility index (Phi) is 3.78. The minimum atomic E-state index is -0.170. The van der Waals surface area contributed by atoms with E-state index in [1.807, 2.05) is 24.7 Å². The normalized spacial score (nSPS) is 12.9. The molecule has 0 aliphatic rings. The zero-order chi connectivity index (χ0) is 12.4. The summed E-state index contributed by atoms with van der Waals surface area (Å²) in [7, 11) is 0. The van der Waals surface area contributed by atoms with Crippen LogP contribution in [-0.4, -0.2) is 14.8 Å². The quantitative estimate of drug-likeness (QED) is 0.658. The van der Waals surface area contributed by atoms with Crippen molar-refractivity contribution in [2.24, 2.45) is 5.84 Å². The van der Waals surface area contributed by atoms with Gasteiger partial charge < -0.3 is 0 Å². The van der Waals surface area contributed by atoms with Crippen LogP contribution in [0.15, 0.2) is 12.4 Å². The van der Waals surface area contributed by atoms with E-state index in [1.54, 1.807) is 17.5 Å². The Labute approximate surface area is 109 Å². The number of halogens is 1. The van der Waals surface area contributed by atoms with Crippen LogP contribution in [0.2, 0.25) is 5.02 Å². The third-order valence-corrected chi connectivity index (χ3v) is 3.77. The lowest BCUT2D eigenvalue weighted by molar-refractivity contribution is 0.548. The molecule has 0 radical (unpaired) electrons. The summed E-state index contributed by atoms with van der Waals surface area (Å²) in [6.07, 6.45) is 3.45. The fourth-order valence-corrected chi connectivity index (χ4v) is 2.82. The van der Waals surface area contributed by atoms with E-state index in [4.69, 9.17) is 17.4 Å². The molecule has 0 fully saturated rings. The summed E-state index contributed by atoms with van der Waals surface area (Å²) < 4.78 is 1.84. The highest BCUT2D eigenvalue weighted by molar-refractivity contribution is 7.11. The van der Waals surface area contributed by atoms with Crippen molar-refractivity contribution in [3.63, 3.8) is 0 Å². The largest absolute Gasteiger partial charge is 0.270 e. The molecule has 2 aromatic heterocycles. The molecule has 0 spiro atoms. The van der Waals surface area contributed by atoms with E-state index in [9.17, 15) is 0 Å². The summed E-state index contributed by atoms with van der Waals surface area (Å²) >= 11 is 7.75. The summed E-state index contributed by atoms with van der Waals surface area (Å²) in [6, 6.07) is -0.170. The Morgan fingerprint density at radius 1 is 1.59 bits per heavy atom. The summed E-state index contributed by atoms with van der Waals surface area (Å²) in [5, 5.41) is 5.82. The van der Waals surface area contributed by atoms with E-state index in [-0.39, 0.29) is 6.04 Å². The molecule has 1 unspecified atom stereocenters. The standard InChI is InChI=1S/C10H14ClN5S/c1-3-16-10(7(11)4-14-16)9(15-12)8-5-13-6(2)17-8/h4-5,9,15H,3,12H2,1-2H3. The summed E-state index contributed by atoms with van der Waals surface area (Å²) in [4.78, 5) is 5.26. The molecule has 2 rings (SSSR count). The van der Waals surface area contributed by atoms with Crippen LogP contribution in [0.4, 0.5) is 0 Å². The van der Waals surface area contributed by atoms with Crippen LogP contribution in [0.25, 0.3) is 0 Å². The highest BCUT2D eigenvalue weighted by Gasteiger charge is 2.22. The van der Waals surface area contributed by atoms with Crippen LogP contribution in [0.1, 0.15) is 28.5 Å². The molecule has 7 heteroatoms. The van der Waals surface area contributed by atoms with Crippen molar-refractivity contribution in [2.45, 2.75) is 26.4 Å². The Morgan fingerprint density at radius 2 is 2.35 bits per heavy atom. The molecule has 1 atom stereocenters. The van der Waals surface area contributed by atoms with Gasteiger partial charge in [-0.3, -0.25) is 10.5 Å². The van der Waals surface area contributed by atoms with Gasteiger partial charge in [0.25, 0.3) is 0 Å². The number of hydrogen-bond donors (Lipinski definition) is 2. The number of thiazole rings is 1. The molecule has 2 aromatic rings. The molecular formula is C10H14ClN5S. The van der Waals surface area contributed by atoms with Gasteiger partial charge in [0.2, 0.25) is 0 Å². The van der Waals surface area contributed by atoms with Crippen LogP contribution < -0.4 is 11.3 Å². The van der Waals surface area contributed by atoms with E-state index in [1.165, 1.54) is 0 Å². The van der Waals surface area contributed by atoms with E-state index in [0.717, 1.165) is 22.1 Å². The number of aromatic nitrogens is 3. The third kappa shape index (κ3) is 2.35. The van der Waals surface area contributed by atoms with Crippen molar-refractivity contribution in [1.29, 1.82) is 0 Å². The Balaban J connectivity index is 2.44.